The first-order valence-corrected chi connectivity index (χ1v) is 13.1. The summed E-state index contributed by atoms with van der Waals surface area (Å²) in [6.45, 7) is 2.87. The molecule has 0 radical (unpaired) electrons. The predicted octanol–water partition coefficient (Wildman–Crippen LogP) is 6.89. The molecule has 0 N–H and O–H groups in total. The molecule has 4 atom stereocenters. The van der Waals surface area contributed by atoms with E-state index in [1.54, 1.807) is 0 Å². The van der Waals surface area contributed by atoms with E-state index in [1.807, 2.05) is 84.9 Å². The summed E-state index contributed by atoms with van der Waals surface area (Å²) in [7, 11) is 0. The molecule has 36 heavy (non-hydrogen) atoms. The number of fused-ring (bicyclic) bond motifs is 1. The molecule has 0 unspecified atom stereocenters. The Bertz CT molecular complexity index is 1140. The lowest BCUT2D eigenvalue weighted by atomic mass is 9.68. The van der Waals surface area contributed by atoms with Gasteiger partial charge in [-0.05, 0) is 41.8 Å². The third-order valence-electron chi connectivity index (χ3n) is 7.43. The van der Waals surface area contributed by atoms with Gasteiger partial charge in [-0.15, -0.1) is 0 Å². The molecule has 3 aromatic rings. The quantitative estimate of drug-likeness (QED) is 0.191. The van der Waals surface area contributed by atoms with Gasteiger partial charge >= 0.3 is 0 Å². The van der Waals surface area contributed by atoms with Crippen molar-refractivity contribution in [2.75, 3.05) is 11.5 Å². The van der Waals surface area contributed by atoms with Crippen LogP contribution in [0.1, 0.15) is 55.6 Å². The lowest BCUT2D eigenvalue weighted by Gasteiger charge is -2.32. The van der Waals surface area contributed by atoms with Crippen LogP contribution in [0.5, 0.6) is 5.75 Å². The second kappa shape index (κ2) is 10.9. The second-order valence-electron chi connectivity index (χ2n) is 9.72. The third-order valence-corrected chi connectivity index (χ3v) is 7.43. The van der Waals surface area contributed by atoms with E-state index in [-0.39, 0.29) is 23.7 Å². The molecule has 1 aliphatic carbocycles. The molecule has 2 aliphatic rings. The van der Waals surface area contributed by atoms with Crippen LogP contribution >= 0.6 is 0 Å². The maximum atomic E-state index is 13.9. The lowest BCUT2D eigenvalue weighted by Crippen LogP contribution is -2.31. The Labute approximate surface area is 213 Å². The second-order valence-corrected chi connectivity index (χ2v) is 9.72. The standard InChI is InChI=1S/C32H33NO3/c1-2-3-4-11-22-36-26-18-16-25(17-19-26)33-31(34)29-27(23-12-7-5-8-13-23)20-21-28(30(29)32(33)35)24-14-9-6-10-15-24/h5-10,12-21,27-30H,2-4,11,22H2,1H3/t27-,28-,29-,30+/m1/s1. The Morgan fingerprint density at radius 1 is 0.667 bits per heavy atom. The number of amides is 2. The van der Waals surface area contributed by atoms with Crippen LogP contribution in [-0.4, -0.2) is 18.4 Å². The summed E-state index contributed by atoms with van der Waals surface area (Å²) < 4.78 is 5.87. The number of ether oxygens (including phenoxy) is 1. The van der Waals surface area contributed by atoms with E-state index in [9.17, 15) is 9.59 Å². The molecule has 2 amide bonds. The van der Waals surface area contributed by atoms with Crippen molar-refractivity contribution in [2.24, 2.45) is 11.8 Å². The first-order chi connectivity index (χ1) is 17.7. The zero-order valence-corrected chi connectivity index (χ0v) is 20.8. The van der Waals surface area contributed by atoms with Crippen LogP contribution in [0.2, 0.25) is 0 Å². The summed E-state index contributed by atoms with van der Waals surface area (Å²) in [6.07, 6.45) is 8.84. The van der Waals surface area contributed by atoms with Gasteiger partial charge in [0.05, 0.1) is 24.1 Å². The zero-order valence-electron chi connectivity index (χ0n) is 20.8. The molecule has 1 aliphatic heterocycles. The average molecular weight is 480 g/mol. The summed E-state index contributed by atoms with van der Waals surface area (Å²) in [4.78, 5) is 29.2. The molecule has 4 heteroatoms. The first-order valence-electron chi connectivity index (χ1n) is 13.1. The Morgan fingerprint density at radius 2 is 1.19 bits per heavy atom. The number of hydrogen-bond donors (Lipinski definition) is 0. The van der Waals surface area contributed by atoms with E-state index < -0.39 is 11.8 Å². The van der Waals surface area contributed by atoms with Crippen LogP contribution in [0.4, 0.5) is 5.69 Å². The average Bonchev–Trinajstić information content (AvgIpc) is 3.20. The molecule has 184 valence electrons. The van der Waals surface area contributed by atoms with Crippen molar-refractivity contribution < 1.29 is 14.3 Å². The number of imide groups is 1. The summed E-state index contributed by atoms with van der Waals surface area (Å²) in [5.74, 6) is -0.645. The Hall–Kier alpha value is -3.66. The molecule has 0 aromatic heterocycles. The number of carbonyl (C=O) groups excluding carboxylic acids is 2. The summed E-state index contributed by atoms with van der Waals surface area (Å²) in [6, 6.07) is 27.5. The molecule has 0 bridgehead atoms. The normalized spacial score (nSPS) is 23.1. The Morgan fingerprint density at radius 3 is 1.69 bits per heavy atom. The van der Waals surface area contributed by atoms with Crippen molar-refractivity contribution in [1.82, 2.24) is 0 Å². The number of hydrogen-bond acceptors (Lipinski definition) is 3. The van der Waals surface area contributed by atoms with Crippen LogP contribution in [0.3, 0.4) is 0 Å². The molecule has 5 rings (SSSR count). The monoisotopic (exact) mass is 479 g/mol. The van der Waals surface area contributed by atoms with E-state index in [0.717, 1.165) is 29.7 Å². The van der Waals surface area contributed by atoms with Gasteiger partial charge in [0.15, 0.2) is 0 Å². The van der Waals surface area contributed by atoms with Crippen LogP contribution in [0.15, 0.2) is 97.1 Å². The maximum absolute atomic E-state index is 13.9. The van der Waals surface area contributed by atoms with Crippen molar-refractivity contribution in [3.63, 3.8) is 0 Å². The van der Waals surface area contributed by atoms with Crippen LogP contribution in [0.25, 0.3) is 0 Å². The minimum absolute atomic E-state index is 0.127. The number of anilines is 1. The molecule has 1 saturated heterocycles. The molecular formula is C32H33NO3. The molecule has 4 nitrogen and oxygen atoms in total. The summed E-state index contributed by atoms with van der Waals surface area (Å²) >= 11 is 0. The smallest absolute Gasteiger partial charge is 0.238 e. The van der Waals surface area contributed by atoms with Crippen LogP contribution in [-0.2, 0) is 9.59 Å². The van der Waals surface area contributed by atoms with E-state index in [2.05, 4.69) is 19.1 Å². The molecule has 1 fully saturated rings. The molecule has 0 saturated carbocycles. The molecule has 0 spiro atoms. The number of benzene rings is 3. The molecular weight excluding hydrogens is 446 g/mol. The fourth-order valence-corrected chi connectivity index (χ4v) is 5.60. The van der Waals surface area contributed by atoms with Crippen LogP contribution in [0, 0.1) is 11.8 Å². The number of unbranched alkanes of at least 4 members (excludes halogenated alkanes) is 3. The number of rotatable bonds is 9. The van der Waals surface area contributed by atoms with Crippen molar-refractivity contribution in [1.29, 1.82) is 0 Å². The van der Waals surface area contributed by atoms with Gasteiger partial charge in [-0.1, -0.05) is 99.0 Å². The van der Waals surface area contributed by atoms with E-state index in [4.69, 9.17) is 4.74 Å². The summed E-state index contributed by atoms with van der Waals surface area (Å²) in [5, 5.41) is 0. The largest absolute Gasteiger partial charge is 0.494 e. The lowest BCUT2D eigenvalue weighted by molar-refractivity contribution is -0.122. The van der Waals surface area contributed by atoms with Crippen molar-refractivity contribution in [2.45, 2.75) is 44.4 Å². The van der Waals surface area contributed by atoms with Gasteiger partial charge < -0.3 is 4.74 Å². The highest BCUT2D eigenvalue weighted by Crippen LogP contribution is 2.50. The number of carbonyl (C=O) groups is 2. The number of nitrogens with zero attached hydrogens (tertiary/aromatic N) is 1. The van der Waals surface area contributed by atoms with Gasteiger partial charge in [-0.2, -0.15) is 0 Å². The SMILES string of the molecule is CCCCCCOc1ccc(N2C(=O)[C@@H]3[C@H](C2=O)[C@@H](c2ccccc2)C=C[C@@H]3c2ccccc2)cc1. The highest BCUT2D eigenvalue weighted by Gasteiger charge is 2.55. The Balaban J connectivity index is 1.42. The topological polar surface area (TPSA) is 46.6 Å². The highest BCUT2D eigenvalue weighted by molar-refractivity contribution is 6.23. The van der Waals surface area contributed by atoms with Crippen LogP contribution < -0.4 is 9.64 Å². The van der Waals surface area contributed by atoms with Gasteiger partial charge in [-0.25, -0.2) is 4.90 Å². The highest BCUT2D eigenvalue weighted by atomic mass is 16.5. The fourth-order valence-electron chi connectivity index (χ4n) is 5.60. The summed E-state index contributed by atoms with van der Waals surface area (Å²) in [5.41, 5.74) is 2.73. The fraction of sp³-hybridized carbons (Fsp3) is 0.312. The van der Waals surface area contributed by atoms with Gasteiger partial charge in [0.1, 0.15) is 5.75 Å². The first kappa shape index (κ1) is 24.1. The van der Waals surface area contributed by atoms with Gasteiger partial charge in [0, 0.05) is 11.8 Å². The van der Waals surface area contributed by atoms with Crippen molar-refractivity contribution >= 4 is 17.5 Å². The van der Waals surface area contributed by atoms with Gasteiger partial charge in [0.25, 0.3) is 0 Å². The zero-order chi connectivity index (χ0) is 24.9. The molecule has 3 aromatic carbocycles. The Kier molecular flexibility index (Phi) is 7.31. The minimum atomic E-state index is -0.440. The van der Waals surface area contributed by atoms with Crippen molar-refractivity contribution in [3.8, 4) is 5.75 Å². The predicted molar refractivity (Wildman–Crippen MR) is 143 cm³/mol. The van der Waals surface area contributed by atoms with E-state index in [0.29, 0.717) is 12.3 Å². The third kappa shape index (κ3) is 4.73. The van der Waals surface area contributed by atoms with E-state index in [1.165, 1.54) is 17.7 Å². The maximum Gasteiger partial charge on any atom is 0.238 e. The molecule has 1 heterocycles. The minimum Gasteiger partial charge on any atom is -0.494 e. The van der Waals surface area contributed by atoms with Gasteiger partial charge in [0.2, 0.25) is 11.8 Å². The van der Waals surface area contributed by atoms with E-state index >= 15 is 0 Å². The number of allylic oxidation sites excluding steroid dienone is 2. The van der Waals surface area contributed by atoms with Gasteiger partial charge in [-0.3, -0.25) is 9.59 Å². The van der Waals surface area contributed by atoms with Crippen molar-refractivity contribution in [3.05, 3.63) is 108 Å².